The molecule has 14 heteroatoms. The van der Waals surface area contributed by atoms with Gasteiger partial charge in [-0.25, -0.2) is 9.97 Å². The number of hydrogen-bond acceptors (Lipinski definition) is 10. The molecule has 3 aliphatic heterocycles. The number of nitrogens with zero attached hydrogens (tertiary/aromatic N) is 4. The summed E-state index contributed by atoms with van der Waals surface area (Å²) in [5, 5.41) is 7.16. The van der Waals surface area contributed by atoms with E-state index in [9.17, 15) is 18.9 Å². The molecule has 0 saturated carbocycles. The second kappa shape index (κ2) is 15.9. The lowest BCUT2D eigenvalue weighted by Gasteiger charge is -2.34. The molecule has 0 spiro atoms. The lowest BCUT2D eigenvalue weighted by atomic mass is 10.0. The highest BCUT2D eigenvalue weighted by Gasteiger charge is 2.39. The highest BCUT2D eigenvalue weighted by atomic mass is 35.5. The number of halogens is 1. The van der Waals surface area contributed by atoms with Gasteiger partial charge in [0.15, 0.2) is 0 Å². The van der Waals surface area contributed by atoms with Crippen LogP contribution in [0.2, 0.25) is 5.02 Å². The number of rotatable bonds is 12. The number of ether oxygens (including phenoxy) is 2. The summed E-state index contributed by atoms with van der Waals surface area (Å²) in [6, 6.07) is 19.0. The van der Waals surface area contributed by atoms with Crippen LogP contribution in [-0.4, -0.2) is 84.9 Å². The number of fused-ring (bicyclic) bond motifs is 1. The van der Waals surface area contributed by atoms with Gasteiger partial charge >= 0.3 is 0 Å². The molecule has 7 rings (SSSR count). The first kappa shape index (κ1) is 37.5. The van der Waals surface area contributed by atoms with Crippen molar-refractivity contribution in [2.75, 3.05) is 45.2 Å². The van der Waals surface area contributed by atoms with Crippen molar-refractivity contribution in [1.29, 1.82) is 0 Å². The monoisotopic (exact) mass is 770 g/mol. The minimum Gasteiger partial charge on any atom is -0.496 e. The van der Waals surface area contributed by atoms with Crippen LogP contribution in [0.15, 0.2) is 66.9 Å². The summed E-state index contributed by atoms with van der Waals surface area (Å²) in [7, 11) is -0.804. The lowest BCUT2D eigenvalue weighted by Crippen LogP contribution is -2.52. The molecule has 3 amide bonds. The smallest absolute Gasteiger partial charge is 0.255 e. The maximum absolute atomic E-state index is 13.0. The number of carbonyl (C=O) groups is 3. The van der Waals surface area contributed by atoms with Gasteiger partial charge in [0.25, 0.3) is 5.91 Å². The minimum absolute atomic E-state index is 0.200. The summed E-state index contributed by atoms with van der Waals surface area (Å²) < 4.78 is 24.8. The Bertz CT molecular complexity index is 2130. The van der Waals surface area contributed by atoms with E-state index in [1.165, 1.54) is 4.90 Å². The molecule has 0 bridgehead atoms. The van der Waals surface area contributed by atoms with Crippen LogP contribution in [0.5, 0.6) is 11.5 Å². The number of nitrogens with one attached hydrogen (secondary N) is 2. The van der Waals surface area contributed by atoms with Gasteiger partial charge in [-0.2, -0.15) is 0 Å². The van der Waals surface area contributed by atoms with Crippen molar-refractivity contribution < 1.29 is 28.4 Å². The molecule has 282 valence electrons. The molecule has 3 aliphatic rings. The van der Waals surface area contributed by atoms with E-state index >= 15 is 0 Å². The van der Waals surface area contributed by atoms with Crippen LogP contribution in [0.3, 0.4) is 0 Å². The molecule has 1 aromatic heterocycles. The average Bonchev–Trinajstić information content (AvgIpc) is 3.48. The Morgan fingerprint density at radius 3 is 2.54 bits per heavy atom. The van der Waals surface area contributed by atoms with Crippen LogP contribution in [-0.2, 0) is 33.5 Å². The van der Waals surface area contributed by atoms with E-state index in [2.05, 4.69) is 38.7 Å². The first-order valence-electron chi connectivity index (χ1n) is 18.2. The van der Waals surface area contributed by atoms with Crippen molar-refractivity contribution in [3.63, 3.8) is 0 Å². The van der Waals surface area contributed by atoms with E-state index in [4.69, 9.17) is 26.1 Å². The SMILES string of the molecule is COc1cc(N2CCC(NCOc3ccc4c(c3)CN(C3CCC(=O)NC3=O)C4=O)CC2)ccc1Cc1ncc(Cl)c(Cc2ccccc2P(C)(C)=O)n1. The van der Waals surface area contributed by atoms with Gasteiger partial charge in [-0.3, -0.25) is 25.0 Å². The van der Waals surface area contributed by atoms with Crippen molar-refractivity contribution in [1.82, 2.24) is 25.5 Å². The third kappa shape index (κ3) is 8.31. The number of methoxy groups -OCH3 is 1. The maximum Gasteiger partial charge on any atom is 0.255 e. The van der Waals surface area contributed by atoms with E-state index in [1.807, 2.05) is 30.3 Å². The summed E-state index contributed by atoms with van der Waals surface area (Å²) >= 11 is 6.54. The largest absolute Gasteiger partial charge is 0.496 e. The number of hydrogen-bond donors (Lipinski definition) is 2. The second-order valence-corrected chi connectivity index (χ2v) is 18.0. The number of anilines is 1. The van der Waals surface area contributed by atoms with E-state index in [-0.39, 0.29) is 24.3 Å². The Labute approximate surface area is 320 Å². The predicted octanol–water partition coefficient (Wildman–Crippen LogP) is 4.92. The fraction of sp³-hybridized carbons (Fsp3) is 0.375. The summed E-state index contributed by atoms with van der Waals surface area (Å²) in [5.41, 5.74) is 5.07. The van der Waals surface area contributed by atoms with E-state index in [1.54, 1.807) is 38.8 Å². The molecule has 2 fully saturated rings. The Hall–Kier alpha value is -4.77. The second-order valence-electron chi connectivity index (χ2n) is 14.4. The van der Waals surface area contributed by atoms with Gasteiger partial charge in [0.05, 0.1) is 17.8 Å². The van der Waals surface area contributed by atoms with Crippen LogP contribution < -0.4 is 30.3 Å². The van der Waals surface area contributed by atoms with E-state index < -0.39 is 19.1 Å². The van der Waals surface area contributed by atoms with E-state index in [0.29, 0.717) is 60.4 Å². The van der Waals surface area contributed by atoms with Crippen molar-refractivity contribution in [3.05, 3.63) is 106 Å². The van der Waals surface area contributed by atoms with Gasteiger partial charge in [-0.1, -0.05) is 41.9 Å². The molecule has 1 unspecified atom stereocenters. The van der Waals surface area contributed by atoms with Crippen LogP contribution in [0.25, 0.3) is 0 Å². The van der Waals surface area contributed by atoms with Gasteiger partial charge in [0, 0.05) is 79.3 Å². The number of imide groups is 1. The molecule has 54 heavy (non-hydrogen) atoms. The minimum atomic E-state index is -2.48. The van der Waals surface area contributed by atoms with Crippen molar-refractivity contribution >= 4 is 47.5 Å². The lowest BCUT2D eigenvalue weighted by molar-refractivity contribution is -0.136. The molecule has 12 nitrogen and oxygen atoms in total. The van der Waals surface area contributed by atoms with Crippen LogP contribution in [0.4, 0.5) is 5.69 Å². The average molecular weight is 771 g/mol. The molecule has 0 aliphatic carbocycles. The van der Waals surface area contributed by atoms with E-state index in [0.717, 1.165) is 59.4 Å². The van der Waals surface area contributed by atoms with Gasteiger partial charge < -0.3 is 23.8 Å². The number of benzene rings is 3. The van der Waals surface area contributed by atoms with Gasteiger partial charge in [-0.05, 0) is 68.0 Å². The van der Waals surface area contributed by atoms with Crippen molar-refractivity contribution in [2.45, 2.75) is 57.2 Å². The molecule has 0 radical (unpaired) electrons. The highest BCUT2D eigenvalue weighted by molar-refractivity contribution is 7.70. The first-order valence-corrected chi connectivity index (χ1v) is 21.1. The number of amides is 3. The fourth-order valence-corrected chi connectivity index (χ4v) is 8.94. The molecular weight excluding hydrogens is 727 g/mol. The predicted molar refractivity (Wildman–Crippen MR) is 208 cm³/mol. The zero-order valence-electron chi connectivity index (χ0n) is 30.6. The Morgan fingerprint density at radius 1 is 0.981 bits per heavy atom. The molecular formula is C40H44ClN6O6P. The zero-order chi connectivity index (χ0) is 38.0. The Kier molecular flexibility index (Phi) is 11.1. The van der Waals surface area contributed by atoms with Gasteiger partial charge in [0.1, 0.15) is 37.2 Å². The maximum atomic E-state index is 13.0. The quantitative estimate of drug-likeness (QED) is 0.116. The van der Waals surface area contributed by atoms with Crippen LogP contribution >= 0.6 is 18.7 Å². The molecule has 1 atom stereocenters. The number of carbonyl (C=O) groups excluding carboxylic acids is 3. The summed E-state index contributed by atoms with van der Waals surface area (Å²) in [5.74, 6) is 1.12. The molecule has 4 aromatic rings. The fourth-order valence-electron chi connectivity index (χ4n) is 7.49. The molecule has 4 heterocycles. The summed E-state index contributed by atoms with van der Waals surface area (Å²) in [4.78, 5) is 50.1. The standard InChI is InChI=1S/C40H44ClN6O6P/c1-52-35-21-29(9-8-25(35)20-37-42-22-32(41)33(44-37)19-26-6-4-5-7-36(26)54(2,3)51)46-16-14-28(15-17-46)43-24-53-30-10-11-31-27(18-30)23-47(40(31)50)34-12-13-38(48)45-39(34)49/h4-11,18,21-22,28,34,43H,12-17,19-20,23-24H2,1-3H3,(H,45,48,49). The summed E-state index contributed by atoms with van der Waals surface area (Å²) in [6.45, 7) is 5.92. The van der Waals surface area contributed by atoms with Gasteiger partial charge in [-0.15, -0.1) is 0 Å². The number of piperidine rings is 2. The Morgan fingerprint density at radius 2 is 1.78 bits per heavy atom. The van der Waals surface area contributed by atoms with Crippen LogP contribution in [0, 0.1) is 0 Å². The van der Waals surface area contributed by atoms with Crippen LogP contribution in [0.1, 0.15) is 64.2 Å². The first-order chi connectivity index (χ1) is 26.0. The molecule has 2 N–H and O–H groups in total. The topological polar surface area (TPSA) is 143 Å². The third-order valence-electron chi connectivity index (χ3n) is 10.4. The third-order valence-corrected chi connectivity index (χ3v) is 12.3. The molecule has 3 aromatic carbocycles. The summed E-state index contributed by atoms with van der Waals surface area (Å²) in [6.07, 6.45) is 4.99. The molecule has 2 saturated heterocycles. The van der Waals surface area contributed by atoms with Crippen molar-refractivity contribution in [3.8, 4) is 11.5 Å². The van der Waals surface area contributed by atoms with Crippen molar-refractivity contribution in [2.24, 2.45) is 0 Å². The Balaban J connectivity index is 0.910. The zero-order valence-corrected chi connectivity index (χ0v) is 32.3. The normalized spacial score (nSPS) is 17.8. The highest BCUT2D eigenvalue weighted by Crippen LogP contribution is 2.37. The number of aromatic nitrogens is 2. The van der Waals surface area contributed by atoms with Gasteiger partial charge in [0.2, 0.25) is 11.8 Å².